The van der Waals surface area contributed by atoms with Crippen molar-refractivity contribution >= 4 is 11.9 Å². The summed E-state index contributed by atoms with van der Waals surface area (Å²) in [5.74, 6) is -1.37. The molecule has 1 fully saturated rings. The molecular formula is C11H19NO4. The summed E-state index contributed by atoms with van der Waals surface area (Å²) in [6.07, 6.45) is 0.350. The predicted octanol–water partition coefficient (Wildman–Crippen LogP) is 0.782. The molecule has 1 aliphatic rings. The molecule has 1 saturated heterocycles. The van der Waals surface area contributed by atoms with Crippen LogP contribution in [-0.4, -0.2) is 35.7 Å². The maximum atomic E-state index is 12.0. The number of hydrogen-bond acceptors (Lipinski definition) is 4. The van der Waals surface area contributed by atoms with E-state index in [1.54, 1.807) is 20.8 Å². The summed E-state index contributed by atoms with van der Waals surface area (Å²) < 4.78 is 5.28. The molecule has 5 heteroatoms. The van der Waals surface area contributed by atoms with E-state index in [2.05, 4.69) is 5.32 Å². The Morgan fingerprint density at radius 3 is 2.44 bits per heavy atom. The number of carbonyl (C=O) groups is 2. The van der Waals surface area contributed by atoms with Gasteiger partial charge in [-0.15, -0.1) is 0 Å². The van der Waals surface area contributed by atoms with E-state index in [-0.39, 0.29) is 6.42 Å². The van der Waals surface area contributed by atoms with E-state index < -0.39 is 23.0 Å². The lowest BCUT2D eigenvalue weighted by atomic mass is 9.83. The Morgan fingerprint density at radius 2 is 2.06 bits per heavy atom. The Kier molecular flexibility index (Phi) is 3.57. The van der Waals surface area contributed by atoms with Crippen molar-refractivity contribution in [2.45, 2.75) is 39.2 Å². The Hall–Kier alpha value is -1.10. The van der Waals surface area contributed by atoms with Crippen molar-refractivity contribution in [3.63, 3.8) is 0 Å². The smallest absolute Gasteiger partial charge is 0.314 e. The third kappa shape index (κ3) is 3.20. The van der Waals surface area contributed by atoms with E-state index in [9.17, 15) is 9.59 Å². The summed E-state index contributed by atoms with van der Waals surface area (Å²) in [6.45, 7) is 6.38. The summed E-state index contributed by atoms with van der Waals surface area (Å²) in [6, 6.07) is 0. The molecule has 2 N–H and O–H groups in total. The summed E-state index contributed by atoms with van der Waals surface area (Å²) in [5.41, 5.74) is -1.47. The van der Waals surface area contributed by atoms with Crippen LogP contribution < -0.4 is 5.32 Å². The highest BCUT2D eigenvalue weighted by molar-refractivity contribution is 5.83. The van der Waals surface area contributed by atoms with Crippen molar-refractivity contribution in [3.05, 3.63) is 0 Å². The lowest BCUT2D eigenvalue weighted by molar-refractivity contribution is -0.170. The van der Waals surface area contributed by atoms with Gasteiger partial charge in [-0.25, -0.2) is 0 Å². The minimum absolute atomic E-state index is 0.172. The normalized spacial score (nSPS) is 25.4. The number of rotatable bonds is 3. The molecule has 0 aliphatic carbocycles. The molecule has 0 unspecified atom stereocenters. The Labute approximate surface area is 95.2 Å². The summed E-state index contributed by atoms with van der Waals surface area (Å²) in [4.78, 5) is 22.8. The van der Waals surface area contributed by atoms with Crippen molar-refractivity contribution in [1.29, 1.82) is 0 Å². The molecule has 0 aromatic carbocycles. The first-order valence-electron chi connectivity index (χ1n) is 5.41. The molecule has 0 aromatic heterocycles. The maximum Gasteiger partial charge on any atom is 0.314 e. The van der Waals surface area contributed by atoms with Crippen molar-refractivity contribution < 1.29 is 19.4 Å². The first-order valence-corrected chi connectivity index (χ1v) is 5.41. The fraction of sp³-hybridized carbons (Fsp3) is 0.818. The first-order chi connectivity index (χ1) is 7.25. The molecule has 0 radical (unpaired) electrons. The van der Waals surface area contributed by atoms with Gasteiger partial charge in [0.2, 0.25) is 0 Å². The molecule has 1 atom stereocenters. The van der Waals surface area contributed by atoms with Gasteiger partial charge in [0.1, 0.15) is 5.60 Å². The second kappa shape index (κ2) is 4.41. The molecule has 92 valence electrons. The second-order valence-corrected chi connectivity index (χ2v) is 5.28. The van der Waals surface area contributed by atoms with E-state index in [4.69, 9.17) is 9.84 Å². The van der Waals surface area contributed by atoms with Crippen LogP contribution in [0.4, 0.5) is 0 Å². The first kappa shape index (κ1) is 13.0. The van der Waals surface area contributed by atoms with E-state index in [1.807, 2.05) is 0 Å². The van der Waals surface area contributed by atoms with Gasteiger partial charge in [-0.05, 0) is 33.7 Å². The number of aliphatic carboxylic acids is 1. The van der Waals surface area contributed by atoms with Gasteiger partial charge in [-0.3, -0.25) is 9.59 Å². The van der Waals surface area contributed by atoms with Gasteiger partial charge in [-0.1, -0.05) is 0 Å². The number of esters is 1. The van der Waals surface area contributed by atoms with Crippen molar-refractivity contribution in [3.8, 4) is 0 Å². The van der Waals surface area contributed by atoms with Gasteiger partial charge in [0.15, 0.2) is 0 Å². The predicted molar refractivity (Wildman–Crippen MR) is 58.0 cm³/mol. The largest absolute Gasteiger partial charge is 0.481 e. The van der Waals surface area contributed by atoms with Gasteiger partial charge in [0, 0.05) is 6.54 Å². The van der Waals surface area contributed by atoms with Crippen LogP contribution >= 0.6 is 0 Å². The lowest BCUT2D eigenvalue weighted by Gasteiger charge is -2.29. The van der Waals surface area contributed by atoms with Crippen molar-refractivity contribution in [2.24, 2.45) is 5.41 Å². The minimum Gasteiger partial charge on any atom is -0.481 e. The summed E-state index contributed by atoms with van der Waals surface area (Å²) in [7, 11) is 0. The average Bonchev–Trinajstić information content (AvgIpc) is 2.49. The molecule has 16 heavy (non-hydrogen) atoms. The Morgan fingerprint density at radius 1 is 1.44 bits per heavy atom. The van der Waals surface area contributed by atoms with Gasteiger partial charge in [-0.2, -0.15) is 0 Å². The molecule has 0 saturated carbocycles. The number of ether oxygens (including phenoxy) is 1. The molecule has 0 spiro atoms. The van der Waals surface area contributed by atoms with Crippen LogP contribution in [-0.2, 0) is 14.3 Å². The van der Waals surface area contributed by atoms with Crippen LogP contribution in [0.15, 0.2) is 0 Å². The number of nitrogens with one attached hydrogen (secondary N) is 1. The van der Waals surface area contributed by atoms with Crippen LogP contribution in [0, 0.1) is 5.41 Å². The maximum absolute atomic E-state index is 12.0. The highest BCUT2D eigenvalue weighted by Crippen LogP contribution is 2.32. The third-order valence-corrected chi connectivity index (χ3v) is 2.57. The van der Waals surface area contributed by atoms with E-state index in [1.165, 1.54) is 0 Å². The van der Waals surface area contributed by atoms with E-state index in [0.29, 0.717) is 19.5 Å². The summed E-state index contributed by atoms with van der Waals surface area (Å²) >= 11 is 0. The fourth-order valence-corrected chi connectivity index (χ4v) is 1.82. The zero-order valence-electron chi connectivity index (χ0n) is 10.0. The topological polar surface area (TPSA) is 75.6 Å². The second-order valence-electron chi connectivity index (χ2n) is 5.28. The monoisotopic (exact) mass is 229 g/mol. The van der Waals surface area contributed by atoms with Gasteiger partial charge < -0.3 is 15.2 Å². The SMILES string of the molecule is CC(C)(C)OC(=O)[C@]1(CC(=O)O)CCNC1. The molecule has 1 aliphatic heterocycles. The molecule has 5 nitrogen and oxygen atoms in total. The third-order valence-electron chi connectivity index (χ3n) is 2.57. The molecule has 0 bridgehead atoms. The van der Waals surface area contributed by atoms with Crippen LogP contribution in [0.3, 0.4) is 0 Å². The molecule has 1 rings (SSSR count). The van der Waals surface area contributed by atoms with Gasteiger partial charge >= 0.3 is 11.9 Å². The van der Waals surface area contributed by atoms with Crippen LogP contribution in [0.5, 0.6) is 0 Å². The van der Waals surface area contributed by atoms with Crippen molar-refractivity contribution in [1.82, 2.24) is 5.32 Å². The van der Waals surface area contributed by atoms with Crippen molar-refractivity contribution in [2.75, 3.05) is 13.1 Å². The molecule has 0 aromatic rings. The number of carboxylic acid groups (broad SMARTS) is 1. The highest BCUT2D eigenvalue weighted by atomic mass is 16.6. The summed E-state index contributed by atoms with van der Waals surface area (Å²) in [5, 5.41) is 11.9. The zero-order valence-corrected chi connectivity index (χ0v) is 10.0. The standard InChI is InChI=1S/C11H19NO4/c1-10(2,3)16-9(15)11(6-8(13)14)4-5-12-7-11/h12H,4-7H2,1-3H3,(H,13,14)/t11-/m0/s1. The van der Waals surface area contributed by atoms with Crippen LogP contribution in [0.1, 0.15) is 33.6 Å². The highest BCUT2D eigenvalue weighted by Gasteiger charge is 2.45. The quantitative estimate of drug-likeness (QED) is 0.699. The van der Waals surface area contributed by atoms with Gasteiger partial charge in [0.05, 0.1) is 11.8 Å². The zero-order chi connectivity index (χ0) is 12.4. The average molecular weight is 229 g/mol. The minimum atomic E-state index is -0.963. The Bertz CT molecular complexity index is 287. The number of carboxylic acids is 1. The Balaban J connectivity index is 2.77. The van der Waals surface area contributed by atoms with E-state index in [0.717, 1.165) is 0 Å². The molecule has 0 amide bonds. The molecule has 1 heterocycles. The van der Waals surface area contributed by atoms with Crippen LogP contribution in [0.2, 0.25) is 0 Å². The number of hydrogen-bond donors (Lipinski definition) is 2. The fourth-order valence-electron chi connectivity index (χ4n) is 1.82. The molecular weight excluding hydrogens is 210 g/mol. The van der Waals surface area contributed by atoms with E-state index >= 15 is 0 Å². The number of carbonyl (C=O) groups excluding carboxylic acids is 1. The lowest BCUT2D eigenvalue weighted by Crippen LogP contribution is -2.40. The van der Waals surface area contributed by atoms with Crippen LogP contribution in [0.25, 0.3) is 0 Å². The van der Waals surface area contributed by atoms with Gasteiger partial charge in [0.25, 0.3) is 0 Å².